The van der Waals surface area contributed by atoms with Gasteiger partial charge in [0, 0.05) is 24.7 Å². The first-order chi connectivity index (χ1) is 12.8. The van der Waals surface area contributed by atoms with Crippen molar-refractivity contribution in [3.05, 3.63) is 23.8 Å². The number of hydrogen-bond donors (Lipinski definition) is 2. The van der Waals surface area contributed by atoms with Gasteiger partial charge in [-0.25, -0.2) is 8.42 Å². The van der Waals surface area contributed by atoms with Crippen LogP contribution in [-0.4, -0.2) is 69.2 Å². The topological polar surface area (TPSA) is 122 Å². The first kappa shape index (κ1) is 19.6. The van der Waals surface area contributed by atoms with Crippen LogP contribution < -0.4 is 10.1 Å². The van der Waals surface area contributed by atoms with Gasteiger partial charge in [0.15, 0.2) is 0 Å². The quantitative estimate of drug-likeness (QED) is 0.707. The molecule has 1 aliphatic carbocycles. The summed E-state index contributed by atoms with van der Waals surface area (Å²) in [5, 5.41) is 11.6. The summed E-state index contributed by atoms with van der Waals surface area (Å²) in [4.78, 5) is 23.2. The maximum atomic E-state index is 12.9. The first-order valence-electron chi connectivity index (χ1n) is 8.62. The Hall–Kier alpha value is -2.17. The summed E-state index contributed by atoms with van der Waals surface area (Å²) in [6.45, 7) is 1.10. The van der Waals surface area contributed by atoms with Crippen molar-refractivity contribution < 1.29 is 32.6 Å². The molecule has 2 fully saturated rings. The number of morpholine rings is 1. The summed E-state index contributed by atoms with van der Waals surface area (Å²) in [5.41, 5.74) is 0.182. The fraction of sp³-hybridized carbons (Fsp3) is 0.529. The zero-order valence-electron chi connectivity index (χ0n) is 14.9. The van der Waals surface area contributed by atoms with Crippen molar-refractivity contribution in [3.63, 3.8) is 0 Å². The molecule has 0 bridgehead atoms. The molecule has 1 saturated carbocycles. The van der Waals surface area contributed by atoms with Crippen molar-refractivity contribution in [1.29, 1.82) is 0 Å². The van der Waals surface area contributed by atoms with Gasteiger partial charge in [0.05, 0.1) is 26.2 Å². The molecule has 0 atom stereocenters. The van der Waals surface area contributed by atoms with Crippen LogP contribution in [0.5, 0.6) is 5.75 Å². The lowest BCUT2D eigenvalue weighted by Crippen LogP contribution is -2.46. The Bertz CT molecular complexity index is 828. The highest BCUT2D eigenvalue weighted by atomic mass is 32.2. The third-order valence-corrected chi connectivity index (χ3v) is 6.76. The minimum atomic E-state index is -3.83. The highest BCUT2D eigenvalue weighted by Crippen LogP contribution is 2.30. The third-order valence-electron chi connectivity index (χ3n) is 4.84. The highest BCUT2D eigenvalue weighted by Gasteiger charge is 2.36. The Kier molecular flexibility index (Phi) is 5.68. The number of methoxy groups -OCH3 is 1. The van der Waals surface area contributed by atoms with Gasteiger partial charge in [-0.05, 0) is 31.0 Å². The summed E-state index contributed by atoms with van der Waals surface area (Å²) in [5.74, 6) is -1.59. The maximum absolute atomic E-state index is 12.9. The normalized spacial score (nSPS) is 23.3. The number of carbonyl (C=O) groups is 2. The number of rotatable bonds is 6. The molecule has 2 aliphatic rings. The average Bonchev–Trinajstić information content (AvgIpc) is 2.63. The number of aliphatic carboxylic acids is 1. The van der Waals surface area contributed by atoms with Crippen molar-refractivity contribution in [2.24, 2.45) is 5.92 Å². The van der Waals surface area contributed by atoms with Gasteiger partial charge in [-0.3, -0.25) is 9.59 Å². The van der Waals surface area contributed by atoms with E-state index in [1.54, 1.807) is 0 Å². The van der Waals surface area contributed by atoms with Gasteiger partial charge in [-0.15, -0.1) is 0 Å². The van der Waals surface area contributed by atoms with Gasteiger partial charge < -0.3 is 19.9 Å². The largest absolute Gasteiger partial charge is 0.495 e. The Morgan fingerprint density at radius 3 is 2.52 bits per heavy atom. The van der Waals surface area contributed by atoms with Crippen molar-refractivity contribution in [1.82, 2.24) is 9.62 Å². The second kappa shape index (κ2) is 7.83. The molecule has 0 spiro atoms. The lowest BCUT2D eigenvalue weighted by Gasteiger charge is -2.32. The van der Waals surface area contributed by atoms with E-state index in [4.69, 9.17) is 14.6 Å². The number of sulfonamides is 1. The summed E-state index contributed by atoms with van der Waals surface area (Å²) in [6.07, 6.45) is 0.742. The van der Waals surface area contributed by atoms with Crippen LogP contribution >= 0.6 is 0 Å². The highest BCUT2D eigenvalue weighted by molar-refractivity contribution is 7.89. The van der Waals surface area contributed by atoms with Gasteiger partial charge in [0.25, 0.3) is 5.91 Å². The number of carbonyl (C=O) groups excluding carboxylic acids is 1. The summed E-state index contributed by atoms with van der Waals surface area (Å²) in [6, 6.07) is 4.01. The van der Waals surface area contributed by atoms with Crippen molar-refractivity contribution >= 4 is 21.9 Å². The monoisotopic (exact) mass is 398 g/mol. The molecule has 0 aromatic heterocycles. The van der Waals surface area contributed by atoms with Crippen LogP contribution in [0, 0.1) is 5.92 Å². The molecular formula is C17H22N2O7S. The molecule has 9 nitrogen and oxygen atoms in total. The molecule has 148 valence electrons. The molecule has 1 amide bonds. The number of nitrogens with zero attached hydrogens (tertiary/aromatic N) is 1. The van der Waals surface area contributed by atoms with Crippen LogP contribution in [0.25, 0.3) is 0 Å². The maximum Gasteiger partial charge on any atom is 0.306 e. The second-order valence-electron chi connectivity index (χ2n) is 6.56. The predicted molar refractivity (Wildman–Crippen MR) is 94.2 cm³/mol. The molecular weight excluding hydrogens is 376 g/mol. The number of benzene rings is 1. The molecule has 1 aliphatic heterocycles. The van der Waals surface area contributed by atoms with Crippen LogP contribution in [-0.2, 0) is 19.6 Å². The molecule has 27 heavy (non-hydrogen) atoms. The van der Waals surface area contributed by atoms with E-state index in [-0.39, 0.29) is 35.3 Å². The number of amides is 1. The Morgan fingerprint density at radius 2 is 1.93 bits per heavy atom. The van der Waals surface area contributed by atoms with Crippen LogP contribution in [0.2, 0.25) is 0 Å². The smallest absolute Gasteiger partial charge is 0.306 e. The summed E-state index contributed by atoms with van der Waals surface area (Å²) >= 11 is 0. The zero-order chi connectivity index (χ0) is 19.6. The van der Waals surface area contributed by atoms with E-state index in [1.165, 1.54) is 29.6 Å². The van der Waals surface area contributed by atoms with Crippen LogP contribution in [0.4, 0.5) is 0 Å². The van der Waals surface area contributed by atoms with Gasteiger partial charge in [-0.1, -0.05) is 0 Å². The molecule has 2 N–H and O–H groups in total. The van der Waals surface area contributed by atoms with E-state index in [1.807, 2.05) is 0 Å². The van der Waals surface area contributed by atoms with Crippen LogP contribution in [0.3, 0.4) is 0 Å². The molecule has 1 aromatic rings. The van der Waals surface area contributed by atoms with Gasteiger partial charge >= 0.3 is 5.97 Å². The Morgan fingerprint density at radius 1 is 1.26 bits per heavy atom. The number of carboxylic acid groups (broad SMARTS) is 1. The average molecular weight is 398 g/mol. The summed E-state index contributed by atoms with van der Waals surface area (Å²) in [7, 11) is -2.46. The standard InChI is InChI=1S/C17H22N2O7S/c1-25-14-3-2-11(16(20)18-13-8-12(9-13)17(21)22)10-15(14)27(23,24)19-4-6-26-7-5-19/h2-3,10,12-13H,4-9H2,1H3,(H,18,20)(H,21,22). The lowest BCUT2D eigenvalue weighted by molar-refractivity contribution is -0.145. The second-order valence-corrected chi connectivity index (χ2v) is 8.47. The zero-order valence-corrected chi connectivity index (χ0v) is 15.7. The minimum Gasteiger partial charge on any atom is -0.495 e. The van der Waals surface area contributed by atoms with E-state index in [0.717, 1.165) is 0 Å². The fourth-order valence-electron chi connectivity index (χ4n) is 3.15. The van der Waals surface area contributed by atoms with Crippen molar-refractivity contribution in [3.8, 4) is 5.75 Å². The van der Waals surface area contributed by atoms with E-state index < -0.39 is 27.8 Å². The molecule has 0 radical (unpaired) electrons. The predicted octanol–water partition coefficient (Wildman–Crippen LogP) is 0.309. The van der Waals surface area contributed by atoms with Gasteiger partial charge in [0.2, 0.25) is 10.0 Å². The molecule has 1 heterocycles. The van der Waals surface area contributed by atoms with Crippen LogP contribution in [0.1, 0.15) is 23.2 Å². The number of nitrogens with one attached hydrogen (secondary N) is 1. The first-order valence-corrected chi connectivity index (χ1v) is 10.1. The number of ether oxygens (including phenoxy) is 2. The Labute approximate surface area is 157 Å². The van der Waals surface area contributed by atoms with E-state index in [9.17, 15) is 18.0 Å². The molecule has 10 heteroatoms. The Balaban J connectivity index is 1.79. The number of hydrogen-bond acceptors (Lipinski definition) is 6. The molecule has 3 rings (SSSR count). The third kappa shape index (κ3) is 4.07. The van der Waals surface area contributed by atoms with Gasteiger partial charge in [-0.2, -0.15) is 4.31 Å². The van der Waals surface area contributed by atoms with E-state index in [0.29, 0.717) is 26.1 Å². The van der Waals surface area contributed by atoms with E-state index in [2.05, 4.69) is 5.32 Å². The molecule has 0 unspecified atom stereocenters. The van der Waals surface area contributed by atoms with Crippen molar-refractivity contribution in [2.75, 3.05) is 33.4 Å². The molecule has 1 aromatic carbocycles. The van der Waals surface area contributed by atoms with Crippen molar-refractivity contribution in [2.45, 2.75) is 23.8 Å². The van der Waals surface area contributed by atoms with Gasteiger partial charge in [0.1, 0.15) is 10.6 Å². The number of carboxylic acids is 1. The SMILES string of the molecule is COc1ccc(C(=O)NC2CC(C(=O)O)C2)cc1S(=O)(=O)N1CCOCC1. The van der Waals surface area contributed by atoms with Crippen LogP contribution in [0.15, 0.2) is 23.1 Å². The summed E-state index contributed by atoms with van der Waals surface area (Å²) < 4.78 is 37.6. The molecule has 1 saturated heterocycles. The van der Waals surface area contributed by atoms with E-state index >= 15 is 0 Å². The minimum absolute atomic E-state index is 0.0726. The lowest BCUT2D eigenvalue weighted by atomic mass is 9.80. The fourth-order valence-corrected chi connectivity index (χ4v) is 4.74.